The van der Waals surface area contributed by atoms with E-state index in [9.17, 15) is 13.2 Å². The Balaban J connectivity index is 1.81. The van der Waals surface area contributed by atoms with Crippen molar-refractivity contribution < 1.29 is 13.2 Å². The Morgan fingerprint density at radius 3 is 2.52 bits per heavy atom. The average Bonchev–Trinajstić information content (AvgIpc) is 2.76. The van der Waals surface area contributed by atoms with Gasteiger partial charge in [0.2, 0.25) is 0 Å². The summed E-state index contributed by atoms with van der Waals surface area (Å²) in [5, 5.41) is 6.33. The number of aliphatic imine (C=N–C) groups is 1. The molecular weight excluding hydrogens is 405 g/mol. The minimum atomic E-state index is -4.39. The van der Waals surface area contributed by atoms with Gasteiger partial charge in [0.1, 0.15) is 0 Å². The number of hydrogen-bond donors (Lipinski definition) is 2. The van der Waals surface area contributed by atoms with Gasteiger partial charge in [0.25, 0.3) is 0 Å². The molecule has 2 aromatic rings. The van der Waals surface area contributed by atoms with E-state index >= 15 is 0 Å². The maximum Gasteiger partial charge on any atom is 0.416 e. The number of anilines is 1. The first-order chi connectivity index (χ1) is 14.9. The zero-order valence-corrected chi connectivity index (χ0v) is 17.9. The van der Waals surface area contributed by atoms with E-state index in [1.54, 1.807) is 12.3 Å². The standard InChI is InChI=1S/C22H29F3N6/c1-3-26-21(29-16-19-6-4-5-9-27-19)28-15-17-14-18(22(23,24)25)7-8-20(17)31-12-10-30(2)11-13-31/h4-9,14H,3,10-13,15-16H2,1-2H3,(H2,26,28,29). The van der Waals surface area contributed by atoms with Gasteiger partial charge in [0, 0.05) is 44.6 Å². The molecule has 0 radical (unpaired) electrons. The summed E-state index contributed by atoms with van der Waals surface area (Å²) in [7, 11) is 2.05. The highest BCUT2D eigenvalue weighted by Crippen LogP contribution is 2.33. The van der Waals surface area contributed by atoms with Gasteiger partial charge >= 0.3 is 6.18 Å². The molecule has 6 nitrogen and oxygen atoms in total. The van der Waals surface area contributed by atoms with Crippen molar-refractivity contribution in [2.75, 3.05) is 44.7 Å². The van der Waals surface area contributed by atoms with Crippen LogP contribution in [0.5, 0.6) is 0 Å². The molecule has 0 amide bonds. The molecular formula is C22H29F3N6. The Morgan fingerprint density at radius 2 is 1.87 bits per heavy atom. The van der Waals surface area contributed by atoms with Crippen LogP contribution < -0.4 is 15.5 Å². The van der Waals surface area contributed by atoms with E-state index in [-0.39, 0.29) is 6.54 Å². The van der Waals surface area contributed by atoms with Crippen LogP contribution in [0.4, 0.5) is 18.9 Å². The molecule has 0 spiro atoms. The number of aromatic nitrogens is 1. The van der Waals surface area contributed by atoms with E-state index < -0.39 is 11.7 Å². The number of alkyl halides is 3. The van der Waals surface area contributed by atoms with E-state index in [4.69, 9.17) is 0 Å². The van der Waals surface area contributed by atoms with Crippen molar-refractivity contribution in [2.24, 2.45) is 4.99 Å². The van der Waals surface area contributed by atoms with E-state index in [0.717, 1.165) is 43.6 Å². The SMILES string of the molecule is CCNC(=NCc1cc(C(F)(F)F)ccc1N1CCN(C)CC1)NCc1ccccn1. The van der Waals surface area contributed by atoms with E-state index in [2.05, 4.69) is 30.4 Å². The third-order valence-corrected chi connectivity index (χ3v) is 5.17. The van der Waals surface area contributed by atoms with E-state index in [0.29, 0.717) is 24.6 Å². The van der Waals surface area contributed by atoms with Crippen LogP contribution in [0.2, 0.25) is 0 Å². The number of nitrogens with one attached hydrogen (secondary N) is 2. The Bertz CT molecular complexity index is 861. The molecule has 1 aromatic heterocycles. The minimum Gasteiger partial charge on any atom is -0.369 e. The fraction of sp³-hybridized carbons (Fsp3) is 0.455. The summed E-state index contributed by atoms with van der Waals surface area (Å²) in [5.74, 6) is 0.537. The lowest BCUT2D eigenvalue weighted by atomic mass is 10.1. The van der Waals surface area contributed by atoms with Crippen molar-refractivity contribution in [3.8, 4) is 0 Å². The molecule has 168 valence electrons. The second-order valence-electron chi connectivity index (χ2n) is 7.50. The number of benzene rings is 1. The van der Waals surface area contributed by atoms with E-state index in [1.165, 1.54) is 6.07 Å². The normalized spacial score (nSPS) is 15.8. The van der Waals surface area contributed by atoms with Gasteiger partial charge in [-0.1, -0.05) is 6.07 Å². The van der Waals surface area contributed by atoms with Crippen molar-refractivity contribution in [3.05, 3.63) is 59.4 Å². The lowest BCUT2D eigenvalue weighted by Crippen LogP contribution is -2.44. The molecule has 3 rings (SSSR count). The molecule has 1 fully saturated rings. The number of rotatable bonds is 6. The van der Waals surface area contributed by atoms with Crippen molar-refractivity contribution in [2.45, 2.75) is 26.2 Å². The molecule has 9 heteroatoms. The molecule has 2 heterocycles. The van der Waals surface area contributed by atoms with E-state index in [1.807, 2.05) is 32.2 Å². The summed E-state index contributed by atoms with van der Waals surface area (Å²) in [6.07, 6.45) is -2.67. The average molecular weight is 435 g/mol. The van der Waals surface area contributed by atoms with Gasteiger partial charge in [-0.05, 0) is 49.9 Å². The molecule has 0 atom stereocenters. The number of piperazine rings is 1. The van der Waals surface area contributed by atoms with Gasteiger partial charge < -0.3 is 20.4 Å². The number of guanidine groups is 1. The zero-order valence-electron chi connectivity index (χ0n) is 17.9. The molecule has 1 aliphatic rings. The highest BCUT2D eigenvalue weighted by atomic mass is 19.4. The molecule has 1 saturated heterocycles. The number of halogens is 3. The third kappa shape index (κ3) is 6.58. The van der Waals surface area contributed by atoms with Crippen molar-refractivity contribution >= 4 is 11.6 Å². The van der Waals surface area contributed by atoms with Crippen molar-refractivity contribution in [3.63, 3.8) is 0 Å². The summed E-state index contributed by atoms with van der Waals surface area (Å²) in [6.45, 7) is 6.49. The van der Waals surface area contributed by atoms with Crippen LogP contribution in [0.15, 0.2) is 47.6 Å². The fourth-order valence-corrected chi connectivity index (χ4v) is 3.43. The second kappa shape index (κ2) is 10.5. The quantitative estimate of drug-likeness (QED) is 0.541. The van der Waals surface area contributed by atoms with Crippen LogP contribution in [0.3, 0.4) is 0 Å². The monoisotopic (exact) mass is 434 g/mol. The maximum absolute atomic E-state index is 13.3. The van der Waals surface area contributed by atoms with Crippen LogP contribution in [0.25, 0.3) is 0 Å². The summed E-state index contributed by atoms with van der Waals surface area (Å²) in [5.41, 5.74) is 1.58. The number of hydrogen-bond acceptors (Lipinski definition) is 4. The Labute approximate surface area is 181 Å². The van der Waals surface area contributed by atoms with Crippen LogP contribution >= 0.6 is 0 Å². The first-order valence-corrected chi connectivity index (χ1v) is 10.4. The smallest absolute Gasteiger partial charge is 0.369 e. The van der Waals surface area contributed by atoms with Crippen LogP contribution in [0.1, 0.15) is 23.7 Å². The van der Waals surface area contributed by atoms with Gasteiger partial charge in [-0.2, -0.15) is 13.2 Å². The second-order valence-corrected chi connectivity index (χ2v) is 7.50. The number of pyridine rings is 1. The Kier molecular flexibility index (Phi) is 7.73. The summed E-state index contributed by atoms with van der Waals surface area (Å²) in [6, 6.07) is 9.60. The van der Waals surface area contributed by atoms with Gasteiger partial charge in [0.05, 0.1) is 24.3 Å². The lowest BCUT2D eigenvalue weighted by molar-refractivity contribution is -0.137. The summed E-state index contributed by atoms with van der Waals surface area (Å²) >= 11 is 0. The molecule has 31 heavy (non-hydrogen) atoms. The Morgan fingerprint density at radius 1 is 1.10 bits per heavy atom. The highest BCUT2D eigenvalue weighted by Gasteiger charge is 2.31. The summed E-state index contributed by atoms with van der Waals surface area (Å²) < 4.78 is 40.0. The predicted molar refractivity (Wildman–Crippen MR) is 117 cm³/mol. The molecule has 0 unspecified atom stereocenters. The highest BCUT2D eigenvalue weighted by molar-refractivity contribution is 5.79. The minimum absolute atomic E-state index is 0.142. The molecule has 1 aliphatic heterocycles. The topological polar surface area (TPSA) is 55.8 Å². The first kappa shape index (κ1) is 22.9. The van der Waals surface area contributed by atoms with Crippen LogP contribution in [-0.2, 0) is 19.3 Å². The van der Waals surface area contributed by atoms with Gasteiger partial charge in [-0.15, -0.1) is 0 Å². The number of nitrogens with zero attached hydrogens (tertiary/aromatic N) is 4. The molecule has 0 aliphatic carbocycles. The predicted octanol–water partition coefficient (Wildman–Crippen LogP) is 3.11. The zero-order chi connectivity index (χ0) is 22.3. The largest absolute Gasteiger partial charge is 0.416 e. The lowest BCUT2D eigenvalue weighted by Gasteiger charge is -2.35. The Hall–Kier alpha value is -2.81. The number of likely N-dealkylation sites (N-methyl/N-ethyl adjacent to an activating group) is 1. The van der Waals surface area contributed by atoms with Gasteiger partial charge in [0.15, 0.2) is 5.96 Å². The van der Waals surface area contributed by atoms with Gasteiger partial charge in [-0.3, -0.25) is 4.98 Å². The molecule has 1 aromatic carbocycles. The maximum atomic E-state index is 13.3. The summed E-state index contributed by atoms with van der Waals surface area (Å²) in [4.78, 5) is 13.2. The molecule has 0 bridgehead atoms. The molecule has 0 saturated carbocycles. The van der Waals surface area contributed by atoms with Crippen molar-refractivity contribution in [1.29, 1.82) is 0 Å². The first-order valence-electron chi connectivity index (χ1n) is 10.4. The fourth-order valence-electron chi connectivity index (χ4n) is 3.43. The van der Waals surface area contributed by atoms with Gasteiger partial charge in [-0.25, -0.2) is 4.99 Å². The van der Waals surface area contributed by atoms with Crippen LogP contribution in [0, 0.1) is 0 Å². The molecule has 2 N–H and O–H groups in total. The van der Waals surface area contributed by atoms with Crippen molar-refractivity contribution in [1.82, 2.24) is 20.5 Å². The third-order valence-electron chi connectivity index (χ3n) is 5.17. The van der Waals surface area contributed by atoms with Crippen LogP contribution in [-0.4, -0.2) is 55.6 Å².